The predicted molar refractivity (Wildman–Crippen MR) is 92.4 cm³/mol. The van der Waals surface area contributed by atoms with E-state index >= 15 is 0 Å². The lowest BCUT2D eigenvalue weighted by Gasteiger charge is -2.04. The second-order valence-corrected chi connectivity index (χ2v) is 5.71. The Hall–Kier alpha value is -3.48. The van der Waals surface area contributed by atoms with Crippen LogP contribution in [0.5, 0.6) is 0 Å². The highest BCUT2D eigenvalue weighted by molar-refractivity contribution is 5.60. The van der Waals surface area contributed by atoms with Gasteiger partial charge in [-0.25, -0.2) is 4.79 Å². The number of aryl methyl sites for hydroxylation is 2. The molecule has 7 heteroatoms. The zero-order chi connectivity index (χ0) is 17.4. The number of benzene rings is 1. The summed E-state index contributed by atoms with van der Waals surface area (Å²) in [7, 11) is 0. The van der Waals surface area contributed by atoms with Gasteiger partial charge in [0.2, 0.25) is 5.82 Å². The van der Waals surface area contributed by atoms with Crippen molar-refractivity contribution in [2.75, 3.05) is 0 Å². The summed E-state index contributed by atoms with van der Waals surface area (Å²) in [5.41, 5.74) is 3.89. The Bertz CT molecular complexity index is 1090. The molecule has 124 valence electrons. The van der Waals surface area contributed by atoms with Gasteiger partial charge in [-0.05, 0) is 49.7 Å². The summed E-state index contributed by atoms with van der Waals surface area (Å²) in [5.74, 6) is 0.861. The standard InChI is InChI=1S/C18H15N5O2/c1-11-4-3-9-19-15(11)17-21-16(22-25-17)13-5-7-14(8-6-13)23-12(2)10-20-18(23)24/h3-10H,1-2H3,(H,20,24). The van der Waals surface area contributed by atoms with E-state index in [9.17, 15) is 4.79 Å². The van der Waals surface area contributed by atoms with Crippen molar-refractivity contribution in [2.45, 2.75) is 13.8 Å². The molecule has 4 rings (SSSR count). The van der Waals surface area contributed by atoms with Crippen molar-refractivity contribution >= 4 is 0 Å². The Morgan fingerprint density at radius 1 is 1.12 bits per heavy atom. The summed E-state index contributed by atoms with van der Waals surface area (Å²) in [6.07, 6.45) is 3.37. The fraction of sp³-hybridized carbons (Fsp3) is 0.111. The van der Waals surface area contributed by atoms with Gasteiger partial charge in [0.25, 0.3) is 5.89 Å². The van der Waals surface area contributed by atoms with E-state index in [0.29, 0.717) is 17.4 Å². The first-order valence-electron chi connectivity index (χ1n) is 7.77. The van der Waals surface area contributed by atoms with E-state index in [1.807, 2.05) is 50.2 Å². The molecule has 3 heterocycles. The Morgan fingerprint density at radius 3 is 2.60 bits per heavy atom. The average Bonchev–Trinajstić information content (AvgIpc) is 3.23. The average molecular weight is 333 g/mol. The van der Waals surface area contributed by atoms with Crippen molar-refractivity contribution in [1.82, 2.24) is 24.7 Å². The molecule has 0 spiro atoms. The van der Waals surface area contributed by atoms with Crippen LogP contribution in [0.15, 0.2) is 58.1 Å². The minimum atomic E-state index is -0.169. The fourth-order valence-corrected chi connectivity index (χ4v) is 2.68. The van der Waals surface area contributed by atoms with Crippen LogP contribution in [0.2, 0.25) is 0 Å². The van der Waals surface area contributed by atoms with Gasteiger partial charge in [-0.15, -0.1) is 0 Å². The monoisotopic (exact) mass is 333 g/mol. The van der Waals surface area contributed by atoms with Crippen molar-refractivity contribution in [2.24, 2.45) is 0 Å². The Labute approximate surface area is 143 Å². The number of imidazole rings is 1. The molecule has 25 heavy (non-hydrogen) atoms. The SMILES string of the molecule is Cc1cccnc1-c1nc(-c2ccc(-n3c(C)c[nH]c3=O)cc2)no1. The summed E-state index contributed by atoms with van der Waals surface area (Å²) < 4.78 is 6.94. The summed E-state index contributed by atoms with van der Waals surface area (Å²) in [5, 5.41) is 4.03. The third-order valence-electron chi connectivity index (χ3n) is 3.98. The number of aromatic amines is 1. The number of hydrogen-bond donors (Lipinski definition) is 1. The van der Waals surface area contributed by atoms with Crippen molar-refractivity contribution in [3.63, 3.8) is 0 Å². The van der Waals surface area contributed by atoms with Gasteiger partial charge in [0.1, 0.15) is 5.69 Å². The third-order valence-corrected chi connectivity index (χ3v) is 3.98. The van der Waals surface area contributed by atoms with Crippen molar-refractivity contribution in [3.8, 4) is 28.7 Å². The van der Waals surface area contributed by atoms with Gasteiger partial charge in [-0.3, -0.25) is 9.55 Å². The van der Waals surface area contributed by atoms with Gasteiger partial charge >= 0.3 is 5.69 Å². The van der Waals surface area contributed by atoms with E-state index in [4.69, 9.17) is 4.52 Å². The van der Waals surface area contributed by atoms with Crippen LogP contribution in [0.4, 0.5) is 0 Å². The Balaban J connectivity index is 1.68. The zero-order valence-electron chi connectivity index (χ0n) is 13.7. The third kappa shape index (κ3) is 2.65. The summed E-state index contributed by atoms with van der Waals surface area (Å²) in [6.45, 7) is 3.81. The van der Waals surface area contributed by atoms with Crippen LogP contribution in [-0.4, -0.2) is 24.7 Å². The molecule has 0 aliphatic rings. The van der Waals surface area contributed by atoms with Crippen molar-refractivity contribution < 1.29 is 4.52 Å². The number of H-pyrrole nitrogens is 1. The van der Waals surface area contributed by atoms with Crippen LogP contribution in [0.25, 0.3) is 28.7 Å². The minimum absolute atomic E-state index is 0.169. The number of rotatable bonds is 3. The lowest BCUT2D eigenvalue weighted by molar-refractivity contribution is 0.430. The molecule has 1 N–H and O–H groups in total. The summed E-state index contributed by atoms with van der Waals surface area (Å²) in [6, 6.07) is 11.2. The minimum Gasteiger partial charge on any atom is -0.332 e. The van der Waals surface area contributed by atoms with E-state index in [2.05, 4.69) is 20.1 Å². The smallest absolute Gasteiger partial charge is 0.330 e. The highest BCUT2D eigenvalue weighted by Gasteiger charge is 2.14. The topological polar surface area (TPSA) is 89.6 Å². The number of hydrogen-bond acceptors (Lipinski definition) is 5. The maximum Gasteiger partial charge on any atom is 0.330 e. The predicted octanol–water partition coefficient (Wildman–Crippen LogP) is 2.89. The van der Waals surface area contributed by atoms with Crippen LogP contribution < -0.4 is 5.69 Å². The Kier molecular flexibility index (Phi) is 3.53. The first-order chi connectivity index (χ1) is 12.1. The quantitative estimate of drug-likeness (QED) is 0.622. The lowest BCUT2D eigenvalue weighted by atomic mass is 10.2. The number of nitrogens with zero attached hydrogens (tertiary/aromatic N) is 4. The molecule has 4 aromatic rings. The number of pyridine rings is 1. The van der Waals surface area contributed by atoms with E-state index in [0.717, 1.165) is 22.5 Å². The first kappa shape index (κ1) is 15.1. The molecular formula is C18H15N5O2. The molecule has 0 aliphatic heterocycles. The largest absolute Gasteiger partial charge is 0.332 e. The first-order valence-corrected chi connectivity index (χ1v) is 7.77. The molecule has 0 radical (unpaired) electrons. The highest BCUT2D eigenvalue weighted by atomic mass is 16.5. The highest BCUT2D eigenvalue weighted by Crippen LogP contribution is 2.23. The molecule has 1 aromatic carbocycles. The maximum atomic E-state index is 11.8. The fourth-order valence-electron chi connectivity index (χ4n) is 2.68. The van der Waals surface area contributed by atoms with Gasteiger partial charge in [-0.1, -0.05) is 11.2 Å². The van der Waals surface area contributed by atoms with E-state index < -0.39 is 0 Å². The molecule has 0 amide bonds. The van der Waals surface area contributed by atoms with Gasteiger partial charge in [-0.2, -0.15) is 4.98 Å². The maximum absolute atomic E-state index is 11.8. The second-order valence-electron chi connectivity index (χ2n) is 5.71. The van der Waals surface area contributed by atoms with E-state index in [-0.39, 0.29) is 5.69 Å². The molecule has 0 bridgehead atoms. The molecular weight excluding hydrogens is 318 g/mol. The Morgan fingerprint density at radius 2 is 1.92 bits per heavy atom. The van der Waals surface area contributed by atoms with Crippen LogP contribution in [-0.2, 0) is 0 Å². The molecule has 0 saturated heterocycles. The normalized spacial score (nSPS) is 11.0. The van der Waals surface area contributed by atoms with Gasteiger partial charge < -0.3 is 9.51 Å². The second kappa shape index (κ2) is 5.86. The van der Waals surface area contributed by atoms with Gasteiger partial charge in [0, 0.05) is 23.7 Å². The molecule has 0 aliphatic carbocycles. The van der Waals surface area contributed by atoms with Crippen LogP contribution in [0, 0.1) is 13.8 Å². The van der Waals surface area contributed by atoms with Crippen molar-refractivity contribution in [1.29, 1.82) is 0 Å². The van der Waals surface area contributed by atoms with Crippen LogP contribution in [0.1, 0.15) is 11.3 Å². The van der Waals surface area contributed by atoms with E-state index in [1.165, 1.54) is 0 Å². The van der Waals surface area contributed by atoms with E-state index in [1.54, 1.807) is 17.0 Å². The summed E-state index contributed by atoms with van der Waals surface area (Å²) in [4.78, 5) is 23.2. The molecule has 0 saturated carbocycles. The molecule has 3 aromatic heterocycles. The molecule has 0 unspecified atom stereocenters. The molecule has 7 nitrogen and oxygen atoms in total. The number of nitrogens with one attached hydrogen (secondary N) is 1. The molecule has 0 atom stereocenters. The van der Waals surface area contributed by atoms with Gasteiger partial charge in [0.15, 0.2) is 0 Å². The lowest BCUT2D eigenvalue weighted by Crippen LogP contribution is -2.15. The zero-order valence-corrected chi connectivity index (χ0v) is 13.7. The number of aromatic nitrogens is 5. The van der Waals surface area contributed by atoms with Gasteiger partial charge in [0.05, 0.1) is 5.69 Å². The van der Waals surface area contributed by atoms with Crippen molar-refractivity contribution in [3.05, 3.63) is 70.5 Å². The van der Waals surface area contributed by atoms with Crippen LogP contribution in [0.3, 0.4) is 0 Å². The summed E-state index contributed by atoms with van der Waals surface area (Å²) >= 11 is 0. The van der Waals surface area contributed by atoms with Crippen LogP contribution >= 0.6 is 0 Å². The molecule has 0 fully saturated rings.